The molecular formula is C29H22F5N5O3. The summed E-state index contributed by atoms with van der Waals surface area (Å²) in [5, 5.41) is 5.21. The van der Waals surface area contributed by atoms with Crippen LogP contribution in [-0.4, -0.2) is 48.1 Å². The molecule has 0 radical (unpaired) electrons. The second-order valence-corrected chi connectivity index (χ2v) is 9.79. The number of hydrogen-bond donors (Lipinski definition) is 3. The number of nitrogens with one attached hydrogen (secondary N) is 3. The highest BCUT2D eigenvalue weighted by Gasteiger charge is 2.34. The summed E-state index contributed by atoms with van der Waals surface area (Å²) < 4.78 is 74.3. The average Bonchev–Trinajstić information content (AvgIpc) is 3.61. The summed E-state index contributed by atoms with van der Waals surface area (Å²) >= 11 is 0. The van der Waals surface area contributed by atoms with Crippen LogP contribution in [0.25, 0.3) is 22.5 Å². The van der Waals surface area contributed by atoms with Crippen LogP contribution in [0.5, 0.6) is 0 Å². The summed E-state index contributed by atoms with van der Waals surface area (Å²) in [5.41, 5.74) is 0.760. The number of carbonyl (C=O) groups excluding carboxylic acids is 2. The van der Waals surface area contributed by atoms with E-state index in [-0.39, 0.29) is 40.3 Å². The molecule has 1 saturated heterocycles. The summed E-state index contributed by atoms with van der Waals surface area (Å²) in [6.07, 6.45) is -4.00. The Labute approximate surface area is 235 Å². The number of halogens is 5. The number of hydrogen-bond acceptors (Lipinski definition) is 5. The van der Waals surface area contributed by atoms with Crippen molar-refractivity contribution in [2.75, 3.05) is 36.5 Å². The van der Waals surface area contributed by atoms with Gasteiger partial charge in [0.2, 0.25) is 0 Å². The van der Waals surface area contributed by atoms with Gasteiger partial charge in [0.1, 0.15) is 23.2 Å². The summed E-state index contributed by atoms with van der Waals surface area (Å²) in [4.78, 5) is 33.4. The highest BCUT2D eigenvalue weighted by atomic mass is 19.4. The van der Waals surface area contributed by atoms with E-state index < -0.39 is 35.3 Å². The lowest BCUT2D eigenvalue weighted by Gasteiger charge is -2.29. The van der Waals surface area contributed by atoms with E-state index in [0.29, 0.717) is 49.3 Å². The van der Waals surface area contributed by atoms with Gasteiger partial charge in [0.05, 0.1) is 25.0 Å². The standard InChI is InChI=1S/C29H22F5N5O3/c30-16-9-15(10-18(11-16)39-5-7-42-8-6-39)27(40)37-17-1-2-20(23(31)12-17)19-3-4-21(25-22(19)13-36-28(25)41)26-35-14-24(38-26)29(32,33)34/h1-4,9-12,14H,5-8,13H2,(H,35,38)(H,36,41)(H,37,40). The molecule has 6 rings (SSSR count). The van der Waals surface area contributed by atoms with Gasteiger partial charge in [-0.2, -0.15) is 13.2 Å². The molecule has 0 aliphatic carbocycles. The van der Waals surface area contributed by atoms with Crippen LogP contribution in [0, 0.1) is 11.6 Å². The predicted molar refractivity (Wildman–Crippen MR) is 143 cm³/mol. The summed E-state index contributed by atoms with van der Waals surface area (Å²) in [6, 6.07) is 10.9. The van der Waals surface area contributed by atoms with E-state index in [1.807, 2.05) is 4.90 Å². The van der Waals surface area contributed by atoms with Gasteiger partial charge < -0.3 is 25.3 Å². The number of ether oxygens (including phenoxy) is 1. The molecule has 3 heterocycles. The van der Waals surface area contributed by atoms with E-state index >= 15 is 4.39 Å². The summed E-state index contributed by atoms with van der Waals surface area (Å²) in [6.45, 7) is 2.12. The fourth-order valence-corrected chi connectivity index (χ4v) is 5.12. The molecule has 8 nitrogen and oxygen atoms in total. The van der Waals surface area contributed by atoms with Crippen molar-refractivity contribution in [3.8, 4) is 22.5 Å². The first-order valence-corrected chi connectivity index (χ1v) is 12.9. The van der Waals surface area contributed by atoms with E-state index in [1.54, 1.807) is 6.07 Å². The zero-order chi connectivity index (χ0) is 29.6. The number of alkyl halides is 3. The van der Waals surface area contributed by atoms with Crippen LogP contribution in [0.4, 0.5) is 33.3 Å². The van der Waals surface area contributed by atoms with Crippen molar-refractivity contribution in [3.63, 3.8) is 0 Å². The molecule has 3 aromatic carbocycles. The molecule has 2 aliphatic rings. The lowest BCUT2D eigenvalue weighted by Crippen LogP contribution is -2.36. The number of morpholine rings is 1. The zero-order valence-electron chi connectivity index (χ0n) is 21.7. The van der Waals surface area contributed by atoms with Crippen molar-refractivity contribution in [2.24, 2.45) is 0 Å². The van der Waals surface area contributed by atoms with E-state index in [0.717, 1.165) is 12.1 Å². The van der Waals surface area contributed by atoms with Gasteiger partial charge in [-0.15, -0.1) is 0 Å². The maximum atomic E-state index is 15.4. The molecule has 0 saturated carbocycles. The Kier molecular flexibility index (Phi) is 6.89. The lowest BCUT2D eigenvalue weighted by molar-refractivity contribution is -0.140. The first-order chi connectivity index (χ1) is 20.1. The van der Waals surface area contributed by atoms with Crippen LogP contribution in [0.15, 0.2) is 54.7 Å². The Morgan fingerprint density at radius 2 is 1.71 bits per heavy atom. The van der Waals surface area contributed by atoms with E-state index in [9.17, 15) is 27.2 Å². The van der Waals surface area contributed by atoms with Crippen molar-refractivity contribution in [1.82, 2.24) is 15.3 Å². The minimum Gasteiger partial charge on any atom is -0.378 e. The molecule has 0 unspecified atom stereocenters. The number of fused-ring (bicyclic) bond motifs is 1. The highest BCUT2D eigenvalue weighted by molar-refractivity contribution is 6.06. The van der Waals surface area contributed by atoms with Gasteiger partial charge in [-0.1, -0.05) is 6.07 Å². The molecule has 42 heavy (non-hydrogen) atoms. The Bertz CT molecular complexity index is 1710. The first-order valence-electron chi connectivity index (χ1n) is 12.9. The largest absolute Gasteiger partial charge is 0.432 e. The van der Waals surface area contributed by atoms with E-state index in [4.69, 9.17) is 4.74 Å². The SMILES string of the molecule is O=C(Nc1ccc(-c2ccc(-c3ncc(C(F)(F)F)[nH]3)c3c2CNC3=O)c(F)c1)c1cc(F)cc(N2CCOCC2)c1. The second kappa shape index (κ2) is 10.6. The maximum Gasteiger partial charge on any atom is 0.432 e. The normalized spacial score (nSPS) is 15.0. The fraction of sp³-hybridized carbons (Fsp3) is 0.207. The molecule has 2 aliphatic heterocycles. The minimum absolute atomic E-state index is 0.0349. The number of nitrogens with zero attached hydrogens (tertiary/aromatic N) is 2. The van der Waals surface area contributed by atoms with Gasteiger partial charge in [-0.05, 0) is 53.6 Å². The summed E-state index contributed by atoms with van der Waals surface area (Å²) in [7, 11) is 0. The molecule has 1 fully saturated rings. The molecule has 1 aromatic heterocycles. The quantitative estimate of drug-likeness (QED) is 0.275. The third kappa shape index (κ3) is 5.18. The zero-order valence-corrected chi connectivity index (χ0v) is 21.7. The van der Waals surface area contributed by atoms with Crippen molar-refractivity contribution >= 4 is 23.2 Å². The number of aromatic nitrogens is 2. The fourth-order valence-electron chi connectivity index (χ4n) is 5.12. The molecule has 13 heteroatoms. The van der Waals surface area contributed by atoms with E-state index in [2.05, 4.69) is 20.6 Å². The number of H-pyrrole nitrogens is 1. The second-order valence-electron chi connectivity index (χ2n) is 9.79. The number of benzene rings is 3. The number of imidazole rings is 1. The predicted octanol–water partition coefficient (Wildman–Crippen LogP) is 5.37. The molecule has 2 amide bonds. The van der Waals surface area contributed by atoms with Gasteiger partial charge in [-0.25, -0.2) is 13.8 Å². The molecule has 216 valence electrons. The van der Waals surface area contributed by atoms with Crippen molar-refractivity contribution < 1.29 is 36.3 Å². The number of rotatable bonds is 5. The minimum atomic E-state index is -4.64. The summed E-state index contributed by atoms with van der Waals surface area (Å²) in [5.74, 6) is -2.60. The Balaban J connectivity index is 1.27. The first kappa shape index (κ1) is 27.4. The van der Waals surface area contributed by atoms with Gasteiger partial charge in [0, 0.05) is 47.7 Å². The molecule has 0 bridgehead atoms. The number of anilines is 2. The Morgan fingerprint density at radius 1 is 0.976 bits per heavy atom. The highest BCUT2D eigenvalue weighted by Crippen LogP contribution is 2.38. The van der Waals surface area contributed by atoms with Crippen molar-refractivity contribution in [3.05, 3.63) is 88.7 Å². The molecule has 3 N–H and O–H groups in total. The molecule has 4 aromatic rings. The van der Waals surface area contributed by atoms with Gasteiger partial charge in [0.15, 0.2) is 0 Å². The monoisotopic (exact) mass is 583 g/mol. The molecular weight excluding hydrogens is 561 g/mol. The number of aromatic amines is 1. The smallest absolute Gasteiger partial charge is 0.378 e. The molecule has 0 spiro atoms. The van der Waals surface area contributed by atoms with Crippen LogP contribution in [0.2, 0.25) is 0 Å². The van der Waals surface area contributed by atoms with Gasteiger partial charge in [0.25, 0.3) is 11.8 Å². The average molecular weight is 584 g/mol. The molecule has 0 atom stereocenters. The van der Waals surface area contributed by atoms with E-state index in [1.165, 1.54) is 30.3 Å². The third-order valence-electron chi connectivity index (χ3n) is 7.14. The van der Waals surface area contributed by atoms with Crippen LogP contribution in [0.3, 0.4) is 0 Å². The number of amides is 2. The van der Waals surface area contributed by atoms with Crippen LogP contribution < -0.4 is 15.5 Å². The van der Waals surface area contributed by atoms with Crippen molar-refractivity contribution in [2.45, 2.75) is 12.7 Å². The van der Waals surface area contributed by atoms with Crippen LogP contribution in [0.1, 0.15) is 32.0 Å². The third-order valence-corrected chi connectivity index (χ3v) is 7.14. The topological polar surface area (TPSA) is 99.3 Å². The van der Waals surface area contributed by atoms with Gasteiger partial charge in [-0.3, -0.25) is 9.59 Å². The number of carbonyl (C=O) groups is 2. The van der Waals surface area contributed by atoms with Crippen LogP contribution >= 0.6 is 0 Å². The van der Waals surface area contributed by atoms with Crippen molar-refractivity contribution in [1.29, 1.82) is 0 Å². The van der Waals surface area contributed by atoms with Crippen LogP contribution in [-0.2, 0) is 17.5 Å². The maximum absolute atomic E-state index is 15.4. The Morgan fingerprint density at radius 3 is 2.43 bits per heavy atom. The lowest BCUT2D eigenvalue weighted by atomic mass is 9.92. The van der Waals surface area contributed by atoms with Gasteiger partial charge >= 0.3 is 6.18 Å². The Hall–Kier alpha value is -4.78.